The summed E-state index contributed by atoms with van der Waals surface area (Å²) in [5, 5.41) is 2.50. The second kappa shape index (κ2) is 9.27. The van der Waals surface area contributed by atoms with Gasteiger partial charge in [0.05, 0.1) is 17.6 Å². The van der Waals surface area contributed by atoms with Gasteiger partial charge in [0.25, 0.3) is 0 Å². The average molecular weight is 474 g/mol. The van der Waals surface area contributed by atoms with Crippen LogP contribution in [0.25, 0.3) is 38.7 Å². The molecule has 180 valence electrons. The molecule has 0 saturated heterocycles. The van der Waals surface area contributed by atoms with Crippen molar-refractivity contribution in [2.24, 2.45) is 4.99 Å². The molecule has 2 aliphatic heterocycles. The number of rotatable bonds is 6. The minimum atomic E-state index is 0.566. The Morgan fingerprint density at radius 3 is 2.81 bits per heavy atom. The second-order valence-electron chi connectivity index (χ2n) is 9.67. The minimum absolute atomic E-state index is 0.566. The summed E-state index contributed by atoms with van der Waals surface area (Å²) in [6.07, 6.45) is 12.5. The highest BCUT2D eigenvalue weighted by atomic mass is 16.5. The van der Waals surface area contributed by atoms with Crippen molar-refractivity contribution in [1.29, 1.82) is 0 Å². The Kier molecular flexibility index (Phi) is 5.80. The molecule has 2 aliphatic rings. The van der Waals surface area contributed by atoms with E-state index in [1.165, 1.54) is 38.7 Å². The van der Waals surface area contributed by atoms with Crippen LogP contribution in [0.2, 0.25) is 0 Å². The molecule has 0 radical (unpaired) electrons. The number of hydrogen-bond donors (Lipinski definition) is 1. The molecule has 3 heterocycles. The van der Waals surface area contributed by atoms with Crippen LogP contribution in [0.4, 0.5) is 5.69 Å². The number of allylic oxidation sites excluding steroid dienone is 4. The molecule has 0 bridgehead atoms. The van der Waals surface area contributed by atoms with Crippen molar-refractivity contribution >= 4 is 27.7 Å². The fraction of sp³-hybridized carbons (Fsp3) is 0.250. The zero-order chi connectivity index (χ0) is 24.6. The van der Waals surface area contributed by atoms with Crippen LogP contribution in [0.15, 0.2) is 71.9 Å². The van der Waals surface area contributed by atoms with E-state index in [4.69, 9.17) is 9.73 Å². The normalized spacial score (nSPS) is 14.5. The van der Waals surface area contributed by atoms with Crippen molar-refractivity contribution < 1.29 is 4.74 Å². The first-order valence-corrected chi connectivity index (χ1v) is 12.9. The maximum absolute atomic E-state index is 6.31. The van der Waals surface area contributed by atoms with Crippen LogP contribution in [0, 0.1) is 0 Å². The third kappa shape index (κ3) is 3.97. The Bertz CT molecular complexity index is 1570. The fourth-order valence-corrected chi connectivity index (χ4v) is 5.31. The number of aromatic amines is 1. The topological polar surface area (TPSA) is 50.3 Å². The van der Waals surface area contributed by atoms with E-state index in [0.29, 0.717) is 6.61 Å². The van der Waals surface area contributed by atoms with E-state index in [1.54, 1.807) is 0 Å². The van der Waals surface area contributed by atoms with Crippen molar-refractivity contribution in [3.63, 3.8) is 0 Å². The molecule has 1 N–H and O–H groups in total. The molecular weight excluding hydrogens is 442 g/mol. The highest BCUT2D eigenvalue weighted by molar-refractivity contribution is 6.04. The van der Waals surface area contributed by atoms with E-state index in [0.717, 1.165) is 59.8 Å². The van der Waals surface area contributed by atoms with Crippen LogP contribution in [0.1, 0.15) is 57.0 Å². The van der Waals surface area contributed by atoms with Gasteiger partial charge in [-0.3, -0.25) is 4.99 Å². The standard InChI is InChI=1S/C32H31N3O/c1-4-6-7-9-24-16-27-26-17-31-28(15-21(26)11-13-29(27)34-24)25-12-10-22(14-23(25)19-36-31)30-18-33-32(35-30)20(3)8-5-2/h6-8,10-15,17-18H,4-5,9,16,19H2,1-3H3,(H,33,35). The first-order valence-electron chi connectivity index (χ1n) is 12.9. The molecule has 4 nitrogen and oxygen atoms in total. The molecule has 0 amide bonds. The molecule has 36 heavy (non-hydrogen) atoms. The van der Waals surface area contributed by atoms with Gasteiger partial charge < -0.3 is 9.72 Å². The smallest absolute Gasteiger partial charge is 0.133 e. The predicted octanol–water partition coefficient (Wildman–Crippen LogP) is 8.59. The van der Waals surface area contributed by atoms with Crippen molar-refractivity contribution in [1.82, 2.24) is 9.97 Å². The maximum Gasteiger partial charge on any atom is 0.133 e. The summed E-state index contributed by atoms with van der Waals surface area (Å²) in [5.41, 5.74) is 10.6. The highest BCUT2D eigenvalue weighted by Crippen LogP contribution is 2.44. The largest absolute Gasteiger partial charge is 0.488 e. The molecule has 4 aromatic rings. The number of hydrogen-bond acceptors (Lipinski definition) is 3. The van der Waals surface area contributed by atoms with Crippen LogP contribution < -0.4 is 4.74 Å². The molecule has 4 heteroatoms. The van der Waals surface area contributed by atoms with Gasteiger partial charge in [-0.1, -0.05) is 50.3 Å². The zero-order valence-corrected chi connectivity index (χ0v) is 21.2. The molecule has 0 saturated carbocycles. The number of nitrogens with one attached hydrogen (secondary N) is 1. The summed E-state index contributed by atoms with van der Waals surface area (Å²) in [6.45, 7) is 6.97. The molecule has 0 aliphatic carbocycles. The van der Waals surface area contributed by atoms with Crippen molar-refractivity contribution in [3.05, 3.63) is 83.8 Å². The lowest BCUT2D eigenvalue weighted by Crippen LogP contribution is -2.06. The van der Waals surface area contributed by atoms with Crippen molar-refractivity contribution in [2.45, 2.75) is 53.1 Å². The lowest BCUT2D eigenvalue weighted by Gasteiger charge is -2.22. The lowest BCUT2D eigenvalue weighted by atomic mass is 9.91. The molecule has 0 fully saturated rings. The van der Waals surface area contributed by atoms with Gasteiger partial charge >= 0.3 is 0 Å². The van der Waals surface area contributed by atoms with Gasteiger partial charge in [-0.2, -0.15) is 0 Å². The van der Waals surface area contributed by atoms with Gasteiger partial charge in [0, 0.05) is 24.1 Å². The summed E-state index contributed by atoms with van der Waals surface area (Å²) in [7, 11) is 0. The zero-order valence-electron chi connectivity index (χ0n) is 21.2. The Morgan fingerprint density at radius 2 is 1.94 bits per heavy atom. The third-order valence-electron chi connectivity index (χ3n) is 7.17. The Morgan fingerprint density at radius 1 is 1.03 bits per heavy atom. The SMILES string of the molecule is CCC=CCC1=Nc2ccc3cc4c(cc3c2C1)OCc1cc(-c2cnc(C(C)=CCC)[nH]2)ccc1-4. The average Bonchev–Trinajstić information content (AvgIpc) is 3.55. The monoisotopic (exact) mass is 473 g/mol. The molecular formula is C32H31N3O. The van der Waals surface area contributed by atoms with Gasteiger partial charge in [-0.25, -0.2) is 4.98 Å². The number of H-pyrrole nitrogens is 1. The number of nitrogens with zero attached hydrogens (tertiary/aromatic N) is 2. The van der Waals surface area contributed by atoms with Gasteiger partial charge in [0.1, 0.15) is 18.2 Å². The van der Waals surface area contributed by atoms with Crippen LogP contribution in [0.3, 0.4) is 0 Å². The minimum Gasteiger partial charge on any atom is -0.488 e. The Labute approximate surface area is 212 Å². The van der Waals surface area contributed by atoms with E-state index in [9.17, 15) is 0 Å². The molecule has 0 spiro atoms. The predicted molar refractivity (Wildman–Crippen MR) is 150 cm³/mol. The third-order valence-corrected chi connectivity index (χ3v) is 7.17. The first-order chi connectivity index (χ1) is 17.6. The van der Waals surface area contributed by atoms with E-state index >= 15 is 0 Å². The van der Waals surface area contributed by atoms with Gasteiger partial charge in [0.15, 0.2) is 0 Å². The number of fused-ring (bicyclic) bond motifs is 6. The van der Waals surface area contributed by atoms with Gasteiger partial charge in [-0.15, -0.1) is 0 Å². The van der Waals surface area contributed by atoms with Crippen molar-refractivity contribution in [2.75, 3.05) is 0 Å². The quantitative estimate of drug-likeness (QED) is 0.285. The van der Waals surface area contributed by atoms with Crippen LogP contribution in [0.5, 0.6) is 5.75 Å². The molecule has 3 aromatic carbocycles. The van der Waals surface area contributed by atoms with E-state index < -0.39 is 0 Å². The fourth-order valence-electron chi connectivity index (χ4n) is 5.31. The molecule has 6 rings (SSSR count). The van der Waals surface area contributed by atoms with Crippen LogP contribution in [-0.4, -0.2) is 15.7 Å². The molecule has 1 aromatic heterocycles. The summed E-state index contributed by atoms with van der Waals surface area (Å²) >= 11 is 0. The number of imidazole rings is 1. The summed E-state index contributed by atoms with van der Waals surface area (Å²) in [4.78, 5) is 12.9. The number of benzene rings is 3. The molecule has 0 unspecified atom stereocenters. The number of aliphatic imine (C=N–C) groups is 1. The summed E-state index contributed by atoms with van der Waals surface area (Å²) < 4.78 is 6.31. The van der Waals surface area contributed by atoms with E-state index in [1.807, 2.05) is 6.20 Å². The van der Waals surface area contributed by atoms with Gasteiger partial charge in [-0.05, 0) is 82.6 Å². The highest BCUT2D eigenvalue weighted by Gasteiger charge is 2.22. The van der Waals surface area contributed by atoms with Gasteiger partial charge in [0.2, 0.25) is 0 Å². The lowest BCUT2D eigenvalue weighted by molar-refractivity contribution is 0.303. The van der Waals surface area contributed by atoms with E-state index in [2.05, 4.69) is 91.4 Å². The molecule has 0 atom stereocenters. The Balaban J connectivity index is 1.33. The van der Waals surface area contributed by atoms with Crippen molar-refractivity contribution in [3.8, 4) is 28.1 Å². The van der Waals surface area contributed by atoms with E-state index in [-0.39, 0.29) is 0 Å². The number of aromatic nitrogens is 2. The van der Waals surface area contributed by atoms with Crippen LogP contribution >= 0.6 is 0 Å². The summed E-state index contributed by atoms with van der Waals surface area (Å²) in [6, 6.07) is 15.5. The first kappa shape index (κ1) is 22.5. The number of ether oxygens (including phenoxy) is 1. The maximum atomic E-state index is 6.31. The van der Waals surface area contributed by atoms with Crippen LogP contribution in [-0.2, 0) is 13.0 Å². The second-order valence-corrected chi connectivity index (χ2v) is 9.67. The Hall–Kier alpha value is -3.92. The summed E-state index contributed by atoms with van der Waals surface area (Å²) in [5.74, 6) is 1.89.